The molecule has 1 aliphatic rings. The Labute approximate surface area is 128 Å². The topological polar surface area (TPSA) is 49.9 Å². The Kier molecular flexibility index (Phi) is 4.10. The molecule has 1 aromatic rings. The third kappa shape index (κ3) is 2.43. The average molecular weight is 307 g/mol. The number of carbonyl (C=O) groups excluding carboxylic acids is 2. The van der Waals surface area contributed by atoms with Gasteiger partial charge >= 0.3 is 0 Å². The number of carbonyl (C=O) groups is 2. The molecular formula is C15H15ClN2O3. The Bertz CT molecular complexity index is 655. The van der Waals surface area contributed by atoms with Crippen LogP contribution in [-0.2, 0) is 9.59 Å². The lowest BCUT2D eigenvalue weighted by atomic mass is 9.96. The van der Waals surface area contributed by atoms with Crippen LogP contribution in [0.3, 0.4) is 0 Å². The summed E-state index contributed by atoms with van der Waals surface area (Å²) in [6, 6.07) is 3.31. The molecular weight excluding hydrogens is 292 g/mol. The van der Waals surface area contributed by atoms with Crippen molar-refractivity contribution in [3.05, 3.63) is 28.3 Å². The summed E-state index contributed by atoms with van der Waals surface area (Å²) in [5, 5.41) is 2.83. The van der Waals surface area contributed by atoms with E-state index in [1.807, 2.05) is 0 Å². The van der Waals surface area contributed by atoms with Crippen molar-refractivity contribution in [2.24, 2.45) is 0 Å². The maximum Gasteiger partial charge on any atom is 0.258 e. The smallest absolute Gasteiger partial charge is 0.258 e. The first kappa shape index (κ1) is 15.2. The number of likely N-dealkylation sites (N-methyl/N-ethyl adjacent to an activating group) is 2. The maximum atomic E-state index is 12.3. The molecule has 0 radical (unpaired) electrons. The molecule has 1 saturated heterocycles. The molecule has 0 unspecified atom stereocenters. The van der Waals surface area contributed by atoms with E-state index in [4.69, 9.17) is 16.3 Å². The lowest BCUT2D eigenvalue weighted by Gasteiger charge is -2.17. The predicted octanol–water partition coefficient (Wildman–Crippen LogP) is 1.65. The standard InChI is InChI=1S/C15H15ClN2O3/c1-5-6-9-7-10(16)12(11(8-9)21-4)13-14(19)17(2)18(3)15(13)20/h7-8,13H,1-4H3. The zero-order chi connectivity index (χ0) is 15.7. The van der Waals surface area contributed by atoms with Crippen LogP contribution in [0.5, 0.6) is 5.75 Å². The Balaban J connectivity index is 2.60. The quantitative estimate of drug-likeness (QED) is 0.616. The van der Waals surface area contributed by atoms with E-state index >= 15 is 0 Å². The molecule has 0 spiro atoms. The molecule has 21 heavy (non-hydrogen) atoms. The molecule has 0 atom stereocenters. The fourth-order valence-corrected chi connectivity index (χ4v) is 2.60. The molecule has 1 aromatic carbocycles. The van der Waals surface area contributed by atoms with Crippen molar-refractivity contribution >= 4 is 23.4 Å². The van der Waals surface area contributed by atoms with E-state index in [1.54, 1.807) is 19.1 Å². The second-order valence-electron chi connectivity index (χ2n) is 4.61. The van der Waals surface area contributed by atoms with Gasteiger partial charge in [-0.1, -0.05) is 17.5 Å². The summed E-state index contributed by atoms with van der Waals surface area (Å²) in [7, 11) is 4.55. The van der Waals surface area contributed by atoms with Gasteiger partial charge in [0.1, 0.15) is 5.75 Å². The van der Waals surface area contributed by atoms with E-state index in [-0.39, 0.29) is 11.8 Å². The monoisotopic (exact) mass is 306 g/mol. The number of amides is 2. The van der Waals surface area contributed by atoms with Crippen LogP contribution in [0.2, 0.25) is 5.02 Å². The van der Waals surface area contributed by atoms with Gasteiger partial charge in [-0.3, -0.25) is 19.6 Å². The first-order chi connectivity index (χ1) is 9.92. The molecule has 6 heteroatoms. The molecule has 0 bridgehead atoms. The second kappa shape index (κ2) is 5.66. The minimum Gasteiger partial charge on any atom is -0.496 e. The number of benzene rings is 1. The normalized spacial score (nSPS) is 15.3. The fraction of sp³-hybridized carbons (Fsp3) is 0.333. The third-order valence-electron chi connectivity index (χ3n) is 3.45. The summed E-state index contributed by atoms with van der Waals surface area (Å²) in [6.45, 7) is 1.71. The molecule has 2 amide bonds. The van der Waals surface area contributed by atoms with Crippen molar-refractivity contribution in [3.8, 4) is 17.6 Å². The van der Waals surface area contributed by atoms with Crippen molar-refractivity contribution < 1.29 is 14.3 Å². The Hall–Kier alpha value is -2.19. The van der Waals surface area contributed by atoms with Crippen LogP contribution in [0.1, 0.15) is 24.0 Å². The van der Waals surface area contributed by atoms with E-state index < -0.39 is 5.92 Å². The van der Waals surface area contributed by atoms with Crippen LogP contribution in [0.4, 0.5) is 0 Å². The highest BCUT2D eigenvalue weighted by molar-refractivity contribution is 6.32. The van der Waals surface area contributed by atoms with Gasteiger partial charge < -0.3 is 4.74 Å². The number of halogens is 1. The van der Waals surface area contributed by atoms with Crippen molar-refractivity contribution in [2.75, 3.05) is 21.2 Å². The Morgan fingerprint density at radius 3 is 2.24 bits per heavy atom. The highest BCUT2D eigenvalue weighted by Gasteiger charge is 2.45. The largest absolute Gasteiger partial charge is 0.496 e. The molecule has 0 aromatic heterocycles. The number of hydrazine groups is 1. The average Bonchev–Trinajstić information content (AvgIpc) is 2.64. The first-order valence-electron chi connectivity index (χ1n) is 6.27. The summed E-state index contributed by atoms with van der Waals surface area (Å²) in [5.41, 5.74) is 1.05. The van der Waals surface area contributed by atoms with Gasteiger partial charge in [-0.25, -0.2) is 0 Å². The van der Waals surface area contributed by atoms with Crippen LogP contribution in [0.25, 0.3) is 0 Å². The van der Waals surface area contributed by atoms with E-state index in [0.717, 1.165) is 0 Å². The molecule has 0 saturated carbocycles. The second-order valence-corrected chi connectivity index (χ2v) is 5.01. The molecule has 1 fully saturated rings. The molecule has 0 aliphatic carbocycles. The molecule has 1 aliphatic heterocycles. The van der Waals surface area contributed by atoms with Crippen molar-refractivity contribution in [3.63, 3.8) is 0 Å². The highest BCUT2D eigenvalue weighted by Crippen LogP contribution is 2.39. The van der Waals surface area contributed by atoms with Crippen LogP contribution in [-0.4, -0.2) is 43.0 Å². The SMILES string of the molecule is CC#Cc1cc(Cl)c(C2C(=O)N(C)N(C)C2=O)c(OC)c1. The number of ether oxygens (including phenoxy) is 1. The van der Waals surface area contributed by atoms with Crippen molar-refractivity contribution in [2.45, 2.75) is 12.8 Å². The van der Waals surface area contributed by atoms with E-state index in [9.17, 15) is 9.59 Å². The first-order valence-corrected chi connectivity index (χ1v) is 6.65. The summed E-state index contributed by atoms with van der Waals surface area (Å²) in [6.07, 6.45) is 0. The third-order valence-corrected chi connectivity index (χ3v) is 3.76. The molecule has 110 valence electrons. The minimum atomic E-state index is -0.980. The van der Waals surface area contributed by atoms with Gasteiger partial charge in [0.15, 0.2) is 5.92 Å². The van der Waals surface area contributed by atoms with Gasteiger partial charge in [0, 0.05) is 25.2 Å². The number of hydrogen-bond donors (Lipinski definition) is 0. The highest BCUT2D eigenvalue weighted by atomic mass is 35.5. The van der Waals surface area contributed by atoms with Gasteiger partial charge in [-0.2, -0.15) is 0 Å². The lowest BCUT2D eigenvalue weighted by Crippen LogP contribution is -2.33. The van der Waals surface area contributed by atoms with E-state index in [0.29, 0.717) is 21.9 Å². The number of hydrogen-bond acceptors (Lipinski definition) is 3. The summed E-state index contributed by atoms with van der Waals surface area (Å²) >= 11 is 6.27. The summed E-state index contributed by atoms with van der Waals surface area (Å²) in [4.78, 5) is 24.6. The van der Waals surface area contributed by atoms with E-state index in [2.05, 4.69) is 11.8 Å². The molecule has 5 nitrogen and oxygen atoms in total. The van der Waals surface area contributed by atoms with Crippen molar-refractivity contribution in [1.29, 1.82) is 0 Å². The van der Waals surface area contributed by atoms with Gasteiger partial charge in [-0.05, 0) is 19.1 Å². The molecule has 1 heterocycles. The van der Waals surface area contributed by atoms with Crippen LogP contribution in [0, 0.1) is 11.8 Å². The van der Waals surface area contributed by atoms with Gasteiger partial charge in [0.2, 0.25) is 0 Å². The maximum absolute atomic E-state index is 12.3. The minimum absolute atomic E-state index is 0.294. The number of methoxy groups -OCH3 is 1. The zero-order valence-electron chi connectivity index (χ0n) is 12.2. The number of rotatable bonds is 2. The lowest BCUT2D eigenvalue weighted by molar-refractivity contribution is -0.141. The Morgan fingerprint density at radius 1 is 1.19 bits per heavy atom. The number of nitrogens with zero attached hydrogens (tertiary/aromatic N) is 2. The molecule has 2 rings (SSSR count). The Morgan fingerprint density at radius 2 is 1.76 bits per heavy atom. The molecule has 0 N–H and O–H groups in total. The van der Waals surface area contributed by atoms with Gasteiger partial charge in [0.25, 0.3) is 11.8 Å². The van der Waals surface area contributed by atoms with Crippen LogP contribution in [0.15, 0.2) is 12.1 Å². The van der Waals surface area contributed by atoms with Crippen LogP contribution < -0.4 is 4.74 Å². The summed E-state index contributed by atoms with van der Waals surface area (Å²) < 4.78 is 5.30. The van der Waals surface area contributed by atoms with Crippen molar-refractivity contribution in [1.82, 2.24) is 10.0 Å². The van der Waals surface area contributed by atoms with Gasteiger partial charge in [0.05, 0.1) is 12.1 Å². The predicted molar refractivity (Wildman–Crippen MR) is 78.8 cm³/mol. The van der Waals surface area contributed by atoms with E-state index in [1.165, 1.54) is 31.2 Å². The zero-order valence-corrected chi connectivity index (χ0v) is 13.0. The summed E-state index contributed by atoms with van der Waals surface area (Å²) in [5.74, 6) is 4.38. The van der Waals surface area contributed by atoms with Gasteiger partial charge in [-0.15, -0.1) is 5.92 Å². The fourth-order valence-electron chi connectivity index (χ4n) is 2.28. The van der Waals surface area contributed by atoms with Crippen LogP contribution >= 0.6 is 11.6 Å².